The van der Waals surface area contributed by atoms with E-state index in [1.54, 1.807) is 0 Å². The van der Waals surface area contributed by atoms with E-state index in [4.69, 9.17) is 0 Å². The van der Waals surface area contributed by atoms with Crippen LogP contribution in [-0.4, -0.2) is 22.6 Å². The third-order valence-electron chi connectivity index (χ3n) is 1.68. The molecule has 88 valence electrons. The van der Waals surface area contributed by atoms with Gasteiger partial charge in [-0.3, -0.25) is 0 Å². The van der Waals surface area contributed by atoms with Gasteiger partial charge >= 0.3 is 12.0 Å². The number of nitrogens with zero attached hydrogens (tertiary/aromatic N) is 2. The van der Waals surface area contributed by atoms with Gasteiger partial charge < -0.3 is 15.4 Å². The minimum Gasteiger partial charge on any atom is -0.378 e. The van der Waals surface area contributed by atoms with E-state index in [1.807, 2.05) is 0 Å². The van der Waals surface area contributed by atoms with Crippen molar-refractivity contribution in [3.05, 3.63) is 28.4 Å². The molecular formula is C8H8F3N3O2. The average molecular weight is 235 g/mol. The quantitative estimate of drug-likeness (QED) is 0.642. The van der Waals surface area contributed by atoms with Crippen LogP contribution in [0.4, 0.5) is 24.7 Å². The molecule has 1 N–H and O–H groups in total. The molecule has 0 aliphatic heterocycles. The molecule has 0 radical (unpaired) electrons. The fraction of sp³-hybridized carbons (Fsp3) is 0.375. The Kier molecular flexibility index (Phi) is 3.64. The lowest BCUT2D eigenvalue weighted by Crippen LogP contribution is -2.15. The Morgan fingerprint density at radius 3 is 2.75 bits per heavy atom. The van der Waals surface area contributed by atoms with E-state index in [0.717, 1.165) is 0 Å². The lowest BCUT2D eigenvalue weighted by molar-refractivity contribution is -0.388. The molecule has 0 saturated carbocycles. The summed E-state index contributed by atoms with van der Waals surface area (Å²) < 4.78 is 35.5. The molecule has 0 unspecified atom stereocenters. The van der Waals surface area contributed by atoms with Crippen molar-refractivity contribution in [1.82, 2.24) is 4.98 Å². The van der Waals surface area contributed by atoms with Crippen molar-refractivity contribution >= 4 is 11.5 Å². The Hall–Kier alpha value is -1.86. The molecular weight excluding hydrogens is 227 g/mol. The van der Waals surface area contributed by atoms with E-state index >= 15 is 0 Å². The van der Waals surface area contributed by atoms with Gasteiger partial charge in [0.05, 0.1) is 6.42 Å². The zero-order valence-corrected chi connectivity index (χ0v) is 7.99. The van der Waals surface area contributed by atoms with Gasteiger partial charge in [0.1, 0.15) is 11.9 Å². The van der Waals surface area contributed by atoms with Gasteiger partial charge in [0.15, 0.2) is 0 Å². The number of halogens is 3. The summed E-state index contributed by atoms with van der Waals surface area (Å²) in [6.45, 7) is -0.421. The predicted octanol–water partition coefficient (Wildman–Crippen LogP) is 2.35. The Balaban J connectivity index is 2.64. The van der Waals surface area contributed by atoms with E-state index in [9.17, 15) is 23.3 Å². The van der Waals surface area contributed by atoms with Crippen molar-refractivity contribution in [2.45, 2.75) is 12.6 Å². The molecule has 0 bridgehead atoms. The van der Waals surface area contributed by atoms with Crippen molar-refractivity contribution in [3.63, 3.8) is 0 Å². The fourth-order valence-electron chi connectivity index (χ4n) is 1.02. The molecule has 16 heavy (non-hydrogen) atoms. The van der Waals surface area contributed by atoms with Crippen LogP contribution in [0.15, 0.2) is 18.3 Å². The minimum absolute atomic E-state index is 0.0169. The number of alkyl halides is 3. The van der Waals surface area contributed by atoms with Crippen molar-refractivity contribution in [3.8, 4) is 0 Å². The zero-order valence-electron chi connectivity index (χ0n) is 7.99. The zero-order chi connectivity index (χ0) is 12.2. The largest absolute Gasteiger partial charge is 0.390 e. The van der Waals surface area contributed by atoms with Crippen LogP contribution in [0.1, 0.15) is 6.42 Å². The smallest absolute Gasteiger partial charge is 0.378 e. The monoisotopic (exact) mass is 235 g/mol. The van der Waals surface area contributed by atoms with Gasteiger partial charge in [-0.1, -0.05) is 0 Å². The SMILES string of the molecule is O=[N+]([O-])c1ncccc1NCCC(F)(F)F. The number of anilines is 1. The maximum atomic E-state index is 11.8. The number of hydrogen-bond acceptors (Lipinski definition) is 4. The van der Waals surface area contributed by atoms with E-state index in [1.165, 1.54) is 18.3 Å². The van der Waals surface area contributed by atoms with Gasteiger partial charge in [0.2, 0.25) is 0 Å². The highest BCUT2D eigenvalue weighted by atomic mass is 19.4. The standard InChI is InChI=1S/C8H8F3N3O2/c9-8(10,11)3-5-12-6-2-1-4-13-7(6)14(15)16/h1-2,4,12H,3,5H2. The lowest BCUT2D eigenvalue weighted by Gasteiger charge is -2.08. The summed E-state index contributed by atoms with van der Waals surface area (Å²) in [5, 5.41) is 12.8. The summed E-state index contributed by atoms with van der Waals surface area (Å²) in [5.74, 6) is -0.482. The second kappa shape index (κ2) is 4.77. The number of pyridine rings is 1. The number of aromatic nitrogens is 1. The normalized spacial score (nSPS) is 11.2. The molecule has 1 aromatic heterocycles. The molecule has 1 rings (SSSR count). The maximum absolute atomic E-state index is 11.8. The molecule has 5 nitrogen and oxygen atoms in total. The van der Waals surface area contributed by atoms with Crippen LogP contribution in [0.5, 0.6) is 0 Å². The molecule has 0 aliphatic rings. The van der Waals surface area contributed by atoms with Gasteiger partial charge in [-0.2, -0.15) is 13.2 Å². The first-order valence-corrected chi connectivity index (χ1v) is 4.30. The topological polar surface area (TPSA) is 68.1 Å². The Morgan fingerprint density at radius 1 is 1.50 bits per heavy atom. The number of rotatable bonds is 4. The van der Waals surface area contributed by atoms with Crippen molar-refractivity contribution in [1.29, 1.82) is 0 Å². The highest BCUT2D eigenvalue weighted by molar-refractivity contribution is 5.56. The molecule has 0 saturated heterocycles. The fourth-order valence-corrected chi connectivity index (χ4v) is 1.02. The van der Waals surface area contributed by atoms with Crippen LogP contribution in [0, 0.1) is 10.1 Å². The van der Waals surface area contributed by atoms with Crippen molar-refractivity contribution in [2.75, 3.05) is 11.9 Å². The molecule has 8 heteroatoms. The van der Waals surface area contributed by atoms with E-state index in [2.05, 4.69) is 10.3 Å². The van der Waals surface area contributed by atoms with Crippen LogP contribution in [0.2, 0.25) is 0 Å². The molecule has 0 atom stereocenters. The molecule has 0 fully saturated rings. The Morgan fingerprint density at radius 2 is 2.19 bits per heavy atom. The van der Waals surface area contributed by atoms with Gasteiger partial charge in [0.25, 0.3) is 0 Å². The van der Waals surface area contributed by atoms with Gasteiger partial charge in [-0.15, -0.1) is 0 Å². The van der Waals surface area contributed by atoms with Crippen LogP contribution in [0.3, 0.4) is 0 Å². The van der Waals surface area contributed by atoms with Crippen molar-refractivity contribution < 1.29 is 18.1 Å². The first-order chi connectivity index (χ1) is 7.40. The Labute approximate surface area is 88.4 Å². The van der Waals surface area contributed by atoms with Gasteiger partial charge in [-0.05, 0) is 22.0 Å². The van der Waals surface area contributed by atoms with Gasteiger partial charge in [-0.25, -0.2) is 0 Å². The van der Waals surface area contributed by atoms with Crippen LogP contribution >= 0.6 is 0 Å². The maximum Gasteiger partial charge on any atom is 0.390 e. The highest BCUT2D eigenvalue weighted by Crippen LogP contribution is 2.22. The summed E-state index contributed by atoms with van der Waals surface area (Å²) >= 11 is 0. The Bertz CT molecular complexity index is 381. The molecule has 0 spiro atoms. The van der Waals surface area contributed by atoms with Gasteiger partial charge in [0, 0.05) is 6.54 Å². The molecule has 0 amide bonds. The second-order valence-corrected chi connectivity index (χ2v) is 2.92. The average Bonchev–Trinajstić information content (AvgIpc) is 2.16. The first kappa shape index (κ1) is 12.2. The molecule has 0 aliphatic carbocycles. The third kappa shape index (κ3) is 3.71. The summed E-state index contributed by atoms with van der Waals surface area (Å²) in [6.07, 6.45) is -4.14. The summed E-state index contributed by atoms with van der Waals surface area (Å²) in [7, 11) is 0. The first-order valence-electron chi connectivity index (χ1n) is 4.30. The number of nitro groups is 1. The minimum atomic E-state index is -4.29. The summed E-state index contributed by atoms with van der Waals surface area (Å²) in [6, 6.07) is 2.71. The van der Waals surface area contributed by atoms with E-state index in [0.29, 0.717) is 0 Å². The number of hydrogen-bond donors (Lipinski definition) is 1. The highest BCUT2D eigenvalue weighted by Gasteiger charge is 2.26. The predicted molar refractivity (Wildman–Crippen MR) is 50.1 cm³/mol. The summed E-state index contributed by atoms with van der Waals surface area (Å²) in [4.78, 5) is 13.2. The van der Waals surface area contributed by atoms with E-state index < -0.39 is 29.9 Å². The van der Waals surface area contributed by atoms with E-state index in [-0.39, 0.29) is 5.69 Å². The second-order valence-electron chi connectivity index (χ2n) is 2.92. The molecule has 1 heterocycles. The molecule has 1 aromatic rings. The summed E-state index contributed by atoms with van der Waals surface area (Å²) in [5.41, 5.74) is -0.0169. The number of nitrogens with one attached hydrogen (secondary N) is 1. The third-order valence-corrected chi connectivity index (χ3v) is 1.68. The van der Waals surface area contributed by atoms with Crippen LogP contribution in [0.25, 0.3) is 0 Å². The van der Waals surface area contributed by atoms with Crippen molar-refractivity contribution in [2.24, 2.45) is 0 Å². The van der Waals surface area contributed by atoms with Crippen LogP contribution < -0.4 is 5.32 Å². The molecule has 0 aromatic carbocycles. The van der Waals surface area contributed by atoms with Crippen LogP contribution in [-0.2, 0) is 0 Å². The lowest BCUT2D eigenvalue weighted by atomic mass is 10.3.